The molecule has 2 aliphatic heterocycles. The first-order valence-electron chi connectivity index (χ1n) is 5.78. The Kier molecular flexibility index (Phi) is 3.57. The van der Waals surface area contributed by atoms with Crippen LogP contribution in [0.2, 0.25) is 0 Å². The van der Waals surface area contributed by atoms with Crippen LogP contribution >= 0.6 is 11.8 Å². The lowest BCUT2D eigenvalue weighted by Crippen LogP contribution is -2.46. The zero-order valence-electron chi connectivity index (χ0n) is 9.58. The number of rotatable bonds is 2. The van der Waals surface area contributed by atoms with Gasteiger partial charge < -0.3 is 10.1 Å². The molecule has 0 aliphatic carbocycles. The highest BCUT2D eigenvalue weighted by atomic mass is 32.2. The number of hydrogen-bond acceptors (Lipinski definition) is 4. The molecule has 0 amide bonds. The van der Waals surface area contributed by atoms with Crippen LogP contribution in [0.1, 0.15) is 33.1 Å². The molecule has 15 heavy (non-hydrogen) atoms. The Morgan fingerprint density at radius 3 is 3.20 bits per heavy atom. The minimum Gasteiger partial charge on any atom is -0.379 e. The fraction of sp³-hybridized carbons (Fsp3) is 0.909. The van der Waals surface area contributed by atoms with E-state index in [2.05, 4.69) is 19.2 Å². The fourth-order valence-corrected chi connectivity index (χ4v) is 3.07. The van der Waals surface area contributed by atoms with Crippen molar-refractivity contribution in [1.29, 1.82) is 0 Å². The second-order valence-electron chi connectivity index (χ2n) is 4.62. The van der Waals surface area contributed by atoms with Crippen molar-refractivity contribution in [2.45, 2.75) is 44.7 Å². The third-order valence-electron chi connectivity index (χ3n) is 3.09. The van der Waals surface area contributed by atoms with E-state index < -0.39 is 0 Å². The van der Waals surface area contributed by atoms with Crippen molar-refractivity contribution >= 4 is 16.9 Å². The first-order chi connectivity index (χ1) is 7.22. The Labute approximate surface area is 96.1 Å². The Bertz CT molecular complexity index is 249. The highest BCUT2D eigenvalue weighted by Gasteiger charge is 2.31. The third-order valence-corrected chi connectivity index (χ3v) is 4.01. The van der Waals surface area contributed by atoms with Gasteiger partial charge in [0.25, 0.3) is 0 Å². The zero-order valence-corrected chi connectivity index (χ0v) is 10.4. The van der Waals surface area contributed by atoms with E-state index in [1.165, 1.54) is 12.2 Å². The van der Waals surface area contributed by atoms with Crippen molar-refractivity contribution in [2.75, 3.05) is 19.0 Å². The summed E-state index contributed by atoms with van der Waals surface area (Å²) in [4.78, 5) is 4.72. The predicted molar refractivity (Wildman–Crippen MR) is 65.6 cm³/mol. The van der Waals surface area contributed by atoms with Gasteiger partial charge in [-0.05, 0) is 26.2 Å². The molecule has 1 fully saturated rings. The van der Waals surface area contributed by atoms with E-state index in [4.69, 9.17) is 9.73 Å². The SMILES string of the molecule is CCC1CCSC(NC2(C)CCOC2)=N1. The average Bonchev–Trinajstić information content (AvgIpc) is 2.65. The molecule has 0 aromatic heterocycles. The average molecular weight is 228 g/mol. The van der Waals surface area contributed by atoms with Gasteiger partial charge in [0.1, 0.15) is 0 Å². The van der Waals surface area contributed by atoms with E-state index in [0.717, 1.165) is 31.2 Å². The van der Waals surface area contributed by atoms with Crippen molar-refractivity contribution in [2.24, 2.45) is 4.99 Å². The lowest BCUT2D eigenvalue weighted by atomic mass is 10.0. The minimum absolute atomic E-state index is 0.113. The molecule has 0 radical (unpaired) electrons. The highest BCUT2D eigenvalue weighted by molar-refractivity contribution is 8.13. The Morgan fingerprint density at radius 2 is 2.53 bits per heavy atom. The van der Waals surface area contributed by atoms with Crippen LogP contribution in [0.4, 0.5) is 0 Å². The molecule has 1 N–H and O–H groups in total. The summed E-state index contributed by atoms with van der Waals surface area (Å²) >= 11 is 1.85. The van der Waals surface area contributed by atoms with E-state index in [1.54, 1.807) is 0 Å². The highest BCUT2D eigenvalue weighted by Crippen LogP contribution is 2.23. The topological polar surface area (TPSA) is 33.6 Å². The van der Waals surface area contributed by atoms with E-state index in [9.17, 15) is 0 Å². The number of nitrogens with zero attached hydrogens (tertiary/aromatic N) is 1. The van der Waals surface area contributed by atoms with Crippen molar-refractivity contribution < 1.29 is 4.74 Å². The molecular weight excluding hydrogens is 208 g/mol. The van der Waals surface area contributed by atoms with Gasteiger partial charge in [0.15, 0.2) is 5.17 Å². The monoisotopic (exact) mass is 228 g/mol. The van der Waals surface area contributed by atoms with Gasteiger partial charge in [0, 0.05) is 12.4 Å². The molecule has 0 spiro atoms. The quantitative estimate of drug-likeness (QED) is 0.785. The summed E-state index contributed by atoms with van der Waals surface area (Å²) in [5.74, 6) is 1.20. The van der Waals surface area contributed by atoms with Gasteiger partial charge in [-0.3, -0.25) is 4.99 Å². The lowest BCUT2D eigenvalue weighted by molar-refractivity contribution is 0.177. The normalized spacial score (nSPS) is 36.4. The van der Waals surface area contributed by atoms with Gasteiger partial charge in [0.05, 0.1) is 18.2 Å². The predicted octanol–water partition coefficient (Wildman–Crippen LogP) is 2.03. The van der Waals surface area contributed by atoms with Gasteiger partial charge in [0.2, 0.25) is 0 Å². The van der Waals surface area contributed by atoms with Crippen LogP contribution in [-0.4, -0.2) is 35.7 Å². The molecule has 3 nitrogen and oxygen atoms in total. The summed E-state index contributed by atoms with van der Waals surface area (Å²) in [6.45, 7) is 6.11. The number of ether oxygens (including phenoxy) is 1. The number of hydrogen-bond donors (Lipinski definition) is 1. The van der Waals surface area contributed by atoms with Crippen LogP contribution in [0.5, 0.6) is 0 Å². The molecule has 0 saturated carbocycles. The van der Waals surface area contributed by atoms with E-state index in [0.29, 0.717) is 6.04 Å². The van der Waals surface area contributed by atoms with Crippen LogP contribution in [0.3, 0.4) is 0 Å². The summed E-state index contributed by atoms with van der Waals surface area (Å²) in [5, 5.41) is 4.67. The fourth-order valence-electron chi connectivity index (χ4n) is 1.95. The molecule has 2 aliphatic rings. The summed E-state index contributed by atoms with van der Waals surface area (Å²) in [6, 6.07) is 0.527. The first-order valence-corrected chi connectivity index (χ1v) is 6.77. The minimum atomic E-state index is 0.113. The summed E-state index contributed by atoms with van der Waals surface area (Å²) in [7, 11) is 0. The van der Waals surface area contributed by atoms with Gasteiger partial charge >= 0.3 is 0 Å². The third kappa shape index (κ3) is 2.88. The molecule has 2 rings (SSSR count). The van der Waals surface area contributed by atoms with Crippen LogP contribution in [0, 0.1) is 0 Å². The number of amidine groups is 1. The van der Waals surface area contributed by atoms with Crippen LogP contribution in [0.15, 0.2) is 4.99 Å². The van der Waals surface area contributed by atoms with Gasteiger partial charge in [-0.1, -0.05) is 18.7 Å². The number of nitrogens with one attached hydrogen (secondary N) is 1. The molecule has 0 aromatic carbocycles. The lowest BCUT2D eigenvalue weighted by Gasteiger charge is -2.28. The van der Waals surface area contributed by atoms with Crippen LogP contribution < -0.4 is 5.32 Å². The summed E-state index contributed by atoms with van der Waals surface area (Å²) in [5.41, 5.74) is 0.113. The largest absolute Gasteiger partial charge is 0.379 e. The maximum atomic E-state index is 5.43. The summed E-state index contributed by atoms with van der Waals surface area (Å²) in [6.07, 6.45) is 3.46. The van der Waals surface area contributed by atoms with Gasteiger partial charge in [-0.25, -0.2) is 0 Å². The first kappa shape index (κ1) is 11.3. The molecule has 4 heteroatoms. The Morgan fingerprint density at radius 1 is 1.67 bits per heavy atom. The molecule has 2 unspecified atom stereocenters. The van der Waals surface area contributed by atoms with E-state index in [1.807, 2.05) is 11.8 Å². The molecule has 2 heterocycles. The standard InChI is InChI=1S/C11H20N2OS/c1-3-9-4-7-15-10(12-9)13-11(2)5-6-14-8-11/h9H,3-8H2,1-2H3,(H,12,13). The van der Waals surface area contributed by atoms with Gasteiger partial charge in [-0.2, -0.15) is 0 Å². The molecule has 86 valence electrons. The smallest absolute Gasteiger partial charge is 0.157 e. The molecule has 1 saturated heterocycles. The second-order valence-corrected chi connectivity index (χ2v) is 5.71. The molecule has 2 atom stereocenters. The van der Waals surface area contributed by atoms with Crippen molar-refractivity contribution in [1.82, 2.24) is 5.32 Å². The van der Waals surface area contributed by atoms with Crippen molar-refractivity contribution in [3.05, 3.63) is 0 Å². The van der Waals surface area contributed by atoms with E-state index in [-0.39, 0.29) is 5.54 Å². The van der Waals surface area contributed by atoms with Crippen molar-refractivity contribution in [3.63, 3.8) is 0 Å². The Balaban J connectivity index is 1.95. The molecular formula is C11H20N2OS. The van der Waals surface area contributed by atoms with E-state index >= 15 is 0 Å². The van der Waals surface area contributed by atoms with Crippen molar-refractivity contribution in [3.8, 4) is 0 Å². The molecule has 0 bridgehead atoms. The van der Waals surface area contributed by atoms with Crippen LogP contribution in [-0.2, 0) is 4.74 Å². The Hall–Kier alpha value is -0.220. The second kappa shape index (κ2) is 4.74. The molecule has 0 aromatic rings. The maximum absolute atomic E-state index is 5.43. The van der Waals surface area contributed by atoms with Crippen LogP contribution in [0.25, 0.3) is 0 Å². The maximum Gasteiger partial charge on any atom is 0.157 e. The number of aliphatic imine (C=N–C) groups is 1. The summed E-state index contributed by atoms with van der Waals surface area (Å²) < 4.78 is 5.43. The number of thioether (sulfide) groups is 1. The van der Waals surface area contributed by atoms with Gasteiger partial charge in [-0.15, -0.1) is 0 Å². The zero-order chi connectivity index (χ0) is 10.7.